The van der Waals surface area contributed by atoms with Crippen molar-refractivity contribution in [2.75, 3.05) is 0 Å². The maximum Gasteiger partial charge on any atom is 0.176 e. The van der Waals surface area contributed by atoms with Crippen LogP contribution in [0.3, 0.4) is 0 Å². The first-order valence-electron chi connectivity index (χ1n) is 5.02. The summed E-state index contributed by atoms with van der Waals surface area (Å²) in [6, 6.07) is 11.4. The van der Waals surface area contributed by atoms with Gasteiger partial charge < -0.3 is 0 Å². The number of carbonyl (C=O) groups excluding carboxylic acids is 1. The average Bonchev–Trinajstić information content (AvgIpc) is 3.10. The lowest BCUT2D eigenvalue weighted by Gasteiger charge is -1.96. The Morgan fingerprint density at radius 3 is 2.53 bits per heavy atom. The fourth-order valence-corrected chi connectivity index (χ4v) is 1.44. The molecule has 0 spiro atoms. The molecule has 0 N–H and O–H groups in total. The molecule has 0 amide bonds. The van der Waals surface area contributed by atoms with E-state index in [0.29, 0.717) is 0 Å². The minimum Gasteiger partial charge on any atom is -0.293 e. The standard InChI is InChI=1S/C13H11NO/c14-9-12(13(15)11-6-7-11)8-10-4-2-1-3-5-10/h1-5,8,11H,6-7H2. The van der Waals surface area contributed by atoms with Gasteiger partial charge in [-0.15, -0.1) is 0 Å². The quantitative estimate of drug-likeness (QED) is 0.552. The number of nitrogens with zero attached hydrogens (tertiary/aromatic N) is 1. The van der Waals surface area contributed by atoms with Crippen molar-refractivity contribution in [1.29, 1.82) is 5.26 Å². The average molecular weight is 197 g/mol. The molecule has 1 fully saturated rings. The zero-order chi connectivity index (χ0) is 10.7. The van der Waals surface area contributed by atoms with Gasteiger partial charge in [0.15, 0.2) is 5.78 Å². The Bertz CT molecular complexity index is 435. The Kier molecular flexibility index (Phi) is 2.64. The first-order valence-corrected chi connectivity index (χ1v) is 5.02. The van der Waals surface area contributed by atoms with Gasteiger partial charge in [-0.25, -0.2) is 0 Å². The molecule has 2 nitrogen and oxygen atoms in total. The molecule has 2 rings (SSSR count). The summed E-state index contributed by atoms with van der Waals surface area (Å²) in [5, 5.41) is 8.90. The molecule has 15 heavy (non-hydrogen) atoms. The van der Waals surface area contributed by atoms with Crippen molar-refractivity contribution in [3.05, 3.63) is 41.5 Å². The summed E-state index contributed by atoms with van der Waals surface area (Å²) < 4.78 is 0. The van der Waals surface area contributed by atoms with Crippen LogP contribution in [-0.2, 0) is 4.79 Å². The summed E-state index contributed by atoms with van der Waals surface area (Å²) in [6.45, 7) is 0. The highest BCUT2D eigenvalue weighted by atomic mass is 16.1. The van der Waals surface area contributed by atoms with Crippen molar-refractivity contribution < 1.29 is 4.79 Å². The van der Waals surface area contributed by atoms with Crippen LogP contribution in [0.15, 0.2) is 35.9 Å². The van der Waals surface area contributed by atoms with Crippen molar-refractivity contribution in [1.82, 2.24) is 0 Å². The number of allylic oxidation sites excluding steroid dienone is 1. The summed E-state index contributed by atoms with van der Waals surface area (Å²) >= 11 is 0. The minimum absolute atomic E-state index is 0.00125. The number of hydrogen-bond donors (Lipinski definition) is 0. The topological polar surface area (TPSA) is 40.9 Å². The molecule has 0 saturated heterocycles. The van der Waals surface area contributed by atoms with Gasteiger partial charge in [0, 0.05) is 5.92 Å². The van der Waals surface area contributed by atoms with E-state index in [9.17, 15) is 4.79 Å². The summed E-state index contributed by atoms with van der Waals surface area (Å²) in [7, 11) is 0. The summed E-state index contributed by atoms with van der Waals surface area (Å²) in [4.78, 5) is 11.7. The van der Waals surface area contributed by atoms with Crippen LogP contribution in [0.2, 0.25) is 0 Å². The normalized spacial score (nSPS) is 15.8. The van der Waals surface area contributed by atoms with Gasteiger partial charge in [0.05, 0.1) is 5.57 Å². The van der Waals surface area contributed by atoms with Gasteiger partial charge in [-0.05, 0) is 24.5 Å². The van der Waals surface area contributed by atoms with E-state index in [1.54, 1.807) is 6.08 Å². The molecule has 1 aromatic carbocycles. The Labute approximate surface area is 88.8 Å². The number of rotatable bonds is 3. The molecule has 2 heteroatoms. The van der Waals surface area contributed by atoms with E-state index in [2.05, 4.69) is 0 Å². The van der Waals surface area contributed by atoms with Gasteiger partial charge >= 0.3 is 0 Å². The van der Waals surface area contributed by atoms with Gasteiger partial charge in [0.2, 0.25) is 0 Å². The summed E-state index contributed by atoms with van der Waals surface area (Å²) in [5.41, 5.74) is 1.19. The van der Waals surface area contributed by atoms with Crippen molar-refractivity contribution >= 4 is 11.9 Å². The van der Waals surface area contributed by atoms with Gasteiger partial charge in [0.25, 0.3) is 0 Å². The van der Waals surface area contributed by atoms with Crippen LogP contribution in [0.25, 0.3) is 6.08 Å². The van der Waals surface area contributed by atoms with Crippen LogP contribution in [-0.4, -0.2) is 5.78 Å². The third kappa shape index (κ3) is 2.32. The molecule has 1 saturated carbocycles. The Hall–Kier alpha value is -1.88. The molecule has 0 aromatic heterocycles. The molecule has 0 heterocycles. The molecule has 1 aliphatic carbocycles. The van der Waals surface area contributed by atoms with Crippen LogP contribution < -0.4 is 0 Å². The van der Waals surface area contributed by atoms with E-state index in [4.69, 9.17) is 5.26 Å². The Morgan fingerprint density at radius 2 is 2.00 bits per heavy atom. The van der Waals surface area contributed by atoms with Crippen molar-refractivity contribution in [2.24, 2.45) is 5.92 Å². The second kappa shape index (κ2) is 4.10. The maximum absolute atomic E-state index is 11.7. The fourth-order valence-electron chi connectivity index (χ4n) is 1.44. The number of carbonyl (C=O) groups is 1. The van der Waals surface area contributed by atoms with Crippen LogP contribution in [0.1, 0.15) is 18.4 Å². The first kappa shape index (κ1) is 9.67. The molecule has 0 radical (unpaired) electrons. The van der Waals surface area contributed by atoms with Crippen LogP contribution in [0.5, 0.6) is 0 Å². The largest absolute Gasteiger partial charge is 0.293 e. The molecule has 1 aromatic rings. The van der Waals surface area contributed by atoms with Crippen LogP contribution in [0, 0.1) is 17.2 Å². The third-order valence-corrected chi connectivity index (χ3v) is 2.44. The van der Waals surface area contributed by atoms with Crippen LogP contribution in [0.4, 0.5) is 0 Å². The predicted molar refractivity (Wildman–Crippen MR) is 57.8 cm³/mol. The SMILES string of the molecule is N#CC(=Cc1ccccc1)C(=O)C1CC1. The Morgan fingerprint density at radius 1 is 1.33 bits per heavy atom. The molecule has 0 unspecified atom stereocenters. The smallest absolute Gasteiger partial charge is 0.176 e. The lowest BCUT2D eigenvalue weighted by atomic mass is 10.1. The second-order valence-corrected chi connectivity index (χ2v) is 3.72. The number of Topliss-reactive ketones (excluding diaryl/α,β-unsaturated/α-hetero) is 1. The van der Waals surface area contributed by atoms with E-state index in [-0.39, 0.29) is 17.3 Å². The third-order valence-electron chi connectivity index (χ3n) is 2.44. The second-order valence-electron chi connectivity index (χ2n) is 3.72. The highest BCUT2D eigenvalue weighted by Gasteiger charge is 2.31. The van der Waals surface area contributed by atoms with Gasteiger partial charge in [0.1, 0.15) is 6.07 Å². The lowest BCUT2D eigenvalue weighted by Crippen LogP contribution is -2.02. The highest BCUT2D eigenvalue weighted by Crippen LogP contribution is 2.32. The molecular formula is C13H11NO. The predicted octanol–water partition coefficient (Wildman–Crippen LogP) is 2.57. The summed E-state index contributed by atoms with van der Waals surface area (Å²) in [6.07, 6.45) is 3.54. The summed E-state index contributed by atoms with van der Waals surface area (Å²) in [5.74, 6) is 0.112. The zero-order valence-corrected chi connectivity index (χ0v) is 8.31. The molecule has 1 aliphatic rings. The van der Waals surface area contributed by atoms with Gasteiger partial charge in [-0.2, -0.15) is 5.26 Å². The van der Waals surface area contributed by atoms with E-state index >= 15 is 0 Å². The first-order chi connectivity index (χ1) is 7.31. The highest BCUT2D eigenvalue weighted by molar-refractivity contribution is 6.05. The molecule has 0 atom stereocenters. The van der Waals surface area contributed by atoms with Crippen molar-refractivity contribution in [2.45, 2.75) is 12.8 Å². The monoisotopic (exact) mass is 197 g/mol. The lowest BCUT2D eigenvalue weighted by molar-refractivity contribution is -0.116. The number of hydrogen-bond acceptors (Lipinski definition) is 2. The molecule has 0 aliphatic heterocycles. The van der Waals surface area contributed by atoms with E-state index in [1.165, 1.54) is 0 Å². The maximum atomic E-state index is 11.7. The minimum atomic E-state index is 0.00125. The number of benzene rings is 1. The molecule has 0 bridgehead atoms. The molecule has 74 valence electrons. The Balaban J connectivity index is 2.23. The fraction of sp³-hybridized carbons (Fsp3) is 0.231. The van der Waals surface area contributed by atoms with E-state index < -0.39 is 0 Å². The number of ketones is 1. The van der Waals surface area contributed by atoms with Crippen LogP contribution >= 0.6 is 0 Å². The number of nitriles is 1. The van der Waals surface area contributed by atoms with E-state index in [0.717, 1.165) is 18.4 Å². The van der Waals surface area contributed by atoms with Gasteiger partial charge in [-0.3, -0.25) is 4.79 Å². The van der Waals surface area contributed by atoms with Crippen molar-refractivity contribution in [3.63, 3.8) is 0 Å². The van der Waals surface area contributed by atoms with Gasteiger partial charge in [-0.1, -0.05) is 30.3 Å². The van der Waals surface area contributed by atoms with Crippen molar-refractivity contribution in [3.8, 4) is 6.07 Å². The van der Waals surface area contributed by atoms with E-state index in [1.807, 2.05) is 36.4 Å². The molecular weight excluding hydrogens is 186 g/mol. The zero-order valence-electron chi connectivity index (χ0n) is 8.31.